The summed E-state index contributed by atoms with van der Waals surface area (Å²) >= 11 is 0. The Morgan fingerprint density at radius 3 is 2.56 bits per heavy atom. The van der Waals surface area contributed by atoms with E-state index in [0.29, 0.717) is 30.1 Å². The van der Waals surface area contributed by atoms with Crippen molar-refractivity contribution in [3.05, 3.63) is 12.7 Å². The van der Waals surface area contributed by atoms with Crippen molar-refractivity contribution in [3.8, 4) is 0 Å². The Balaban J connectivity index is 1.73. The molecule has 3 aliphatic carbocycles. The number of nitrogens with one attached hydrogen (secondary N) is 1. The number of ether oxygens (including phenoxy) is 1. The summed E-state index contributed by atoms with van der Waals surface area (Å²) < 4.78 is 5.18. The van der Waals surface area contributed by atoms with Crippen LogP contribution in [0.2, 0.25) is 0 Å². The van der Waals surface area contributed by atoms with E-state index in [-0.39, 0.29) is 41.5 Å². The predicted molar refractivity (Wildman–Crippen MR) is 139 cm³/mol. The van der Waals surface area contributed by atoms with Crippen LogP contribution >= 0.6 is 0 Å². The molecule has 0 aromatic heterocycles. The predicted octanol–water partition coefficient (Wildman–Crippen LogP) is 5.01. The Hall–Kier alpha value is -1.60. The van der Waals surface area contributed by atoms with Crippen molar-refractivity contribution in [1.29, 1.82) is 0 Å². The summed E-state index contributed by atoms with van der Waals surface area (Å²) in [5.74, 6) is 0.843. The molecule has 7 heteroatoms. The molecule has 1 unspecified atom stereocenters. The molecule has 7 nitrogen and oxygen atoms in total. The molecule has 0 spiro atoms. The van der Waals surface area contributed by atoms with Gasteiger partial charge in [-0.2, -0.15) is 0 Å². The van der Waals surface area contributed by atoms with Crippen LogP contribution in [0, 0.1) is 46.3 Å². The van der Waals surface area contributed by atoms with Crippen LogP contribution in [0.15, 0.2) is 12.7 Å². The lowest BCUT2D eigenvalue weighted by atomic mass is 9.41. The van der Waals surface area contributed by atoms with Crippen LogP contribution in [-0.2, 0) is 9.53 Å². The fourth-order valence-electron chi connectivity index (χ4n) is 8.69. The number of carboxylic acid groups (broad SMARTS) is 1. The topological polar surface area (TPSA) is 116 Å². The number of carbonyl (C=O) groups is 2. The number of alkyl carbamates (subject to hydrolysis) is 1. The van der Waals surface area contributed by atoms with Crippen LogP contribution in [0.3, 0.4) is 0 Å². The van der Waals surface area contributed by atoms with E-state index < -0.39 is 18.6 Å². The summed E-state index contributed by atoms with van der Waals surface area (Å²) in [6.45, 7) is 13.1. The number of carbonyl (C=O) groups excluding carboxylic acids is 1. The fourth-order valence-corrected chi connectivity index (χ4v) is 8.69. The maximum Gasteiger partial charge on any atom is 0.407 e. The van der Waals surface area contributed by atoms with Gasteiger partial charge < -0.3 is 25.4 Å². The van der Waals surface area contributed by atoms with Gasteiger partial charge in [-0.25, -0.2) is 4.79 Å². The number of amides is 1. The van der Waals surface area contributed by atoms with Gasteiger partial charge in [0, 0.05) is 0 Å². The minimum Gasteiger partial charge on any atom is -0.480 e. The average Bonchev–Trinajstić information content (AvgIpc) is 2.81. The fraction of sp³-hybridized carbons (Fsp3) is 0.862. The minimum absolute atomic E-state index is 0.0526. The summed E-state index contributed by atoms with van der Waals surface area (Å²) in [7, 11) is 0. The lowest BCUT2D eigenvalue weighted by molar-refractivity contribution is -0.205. The maximum atomic E-state index is 11.8. The highest BCUT2D eigenvalue weighted by atomic mass is 16.5. The van der Waals surface area contributed by atoms with Crippen molar-refractivity contribution in [2.75, 3.05) is 13.2 Å². The van der Waals surface area contributed by atoms with Gasteiger partial charge >= 0.3 is 12.1 Å². The number of aliphatic carboxylic acids is 1. The van der Waals surface area contributed by atoms with E-state index in [0.717, 1.165) is 51.4 Å². The van der Waals surface area contributed by atoms with Gasteiger partial charge in [0.15, 0.2) is 0 Å². The van der Waals surface area contributed by atoms with E-state index in [1.54, 1.807) is 0 Å². The summed E-state index contributed by atoms with van der Waals surface area (Å²) in [5, 5.41) is 33.2. The summed E-state index contributed by atoms with van der Waals surface area (Å²) in [4.78, 5) is 22.3. The van der Waals surface area contributed by atoms with Crippen molar-refractivity contribution in [2.24, 2.45) is 46.3 Å². The maximum absolute atomic E-state index is 11.8. The number of fused-ring (bicyclic) bond motifs is 3. The number of rotatable bonds is 10. The molecule has 36 heavy (non-hydrogen) atoms. The van der Waals surface area contributed by atoms with Gasteiger partial charge in [0.25, 0.3) is 0 Å². The van der Waals surface area contributed by atoms with Crippen molar-refractivity contribution in [2.45, 2.75) is 97.7 Å². The molecule has 0 radical (unpaired) electrons. The third kappa shape index (κ3) is 5.93. The highest BCUT2D eigenvalue weighted by molar-refractivity contribution is 5.76. The first-order valence-corrected chi connectivity index (χ1v) is 14.1. The number of carboxylic acids is 1. The molecule has 10 atom stereocenters. The van der Waals surface area contributed by atoms with E-state index >= 15 is 0 Å². The van der Waals surface area contributed by atoms with Gasteiger partial charge in [-0.3, -0.25) is 4.79 Å². The molecule has 0 aliphatic heterocycles. The molecule has 3 fully saturated rings. The van der Waals surface area contributed by atoms with Crippen molar-refractivity contribution in [1.82, 2.24) is 5.32 Å². The Bertz CT molecular complexity index is 788. The molecule has 3 saturated carbocycles. The second-order valence-electron chi connectivity index (χ2n) is 12.6. The molecule has 0 saturated heterocycles. The van der Waals surface area contributed by atoms with Gasteiger partial charge in [0.05, 0.1) is 18.8 Å². The Labute approximate surface area is 217 Å². The molecule has 1 amide bonds. The van der Waals surface area contributed by atoms with Crippen molar-refractivity contribution < 1.29 is 29.6 Å². The SMILES string of the molecule is C=CC[C@H]1[C@H]2C(CC[C@]1(C)C[C@H](C)CCOC(=O)NCC(=O)O)[C@@]1(C)CC[C@@H](O)C[C@H]1[C@@H](CC)[C@H]2O. The molecule has 3 aliphatic rings. The van der Waals surface area contributed by atoms with E-state index in [4.69, 9.17) is 9.84 Å². The van der Waals surface area contributed by atoms with Crippen LogP contribution in [0.25, 0.3) is 0 Å². The van der Waals surface area contributed by atoms with E-state index in [2.05, 4.69) is 39.6 Å². The number of aliphatic hydroxyl groups is 2. The van der Waals surface area contributed by atoms with Crippen LogP contribution in [0.5, 0.6) is 0 Å². The molecule has 0 aromatic rings. The number of aliphatic hydroxyl groups excluding tert-OH is 2. The summed E-state index contributed by atoms with van der Waals surface area (Å²) in [6.07, 6.45) is 9.17. The molecule has 3 rings (SSSR count). The Morgan fingerprint density at radius 2 is 1.92 bits per heavy atom. The molecular formula is C29H49NO6. The zero-order valence-electron chi connectivity index (χ0n) is 22.7. The second-order valence-corrected chi connectivity index (χ2v) is 12.6. The molecule has 0 bridgehead atoms. The van der Waals surface area contributed by atoms with E-state index in [9.17, 15) is 19.8 Å². The quantitative estimate of drug-likeness (QED) is 0.309. The van der Waals surface area contributed by atoms with Crippen molar-refractivity contribution in [3.63, 3.8) is 0 Å². The molecule has 206 valence electrons. The number of hydrogen-bond donors (Lipinski definition) is 4. The Morgan fingerprint density at radius 1 is 1.19 bits per heavy atom. The van der Waals surface area contributed by atoms with Crippen LogP contribution in [-0.4, -0.2) is 52.7 Å². The summed E-state index contributed by atoms with van der Waals surface area (Å²) in [6, 6.07) is 0. The molecule has 0 heterocycles. The first-order valence-electron chi connectivity index (χ1n) is 14.1. The standard InChI is InChI=1S/C29H49NO6/c1-6-8-21-25-22(29(5)13-9-19(31)15-23(29)20(7-2)26(25)34)10-12-28(21,4)16-18(3)11-14-36-27(35)30-17-24(32)33/h6,18-23,25-26,31,34H,1,7-17H2,2-5H3,(H,30,35)(H,32,33)/t18-,19-,20-,21+,22?,23+,25+,26-,28-,29-/m1/s1. The van der Waals surface area contributed by atoms with Crippen LogP contribution < -0.4 is 5.32 Å². The zero-order chi connectivity index (χ0) is 26.7. The second kappa shape index (κ2) is 11.8. The van der Waals surface area contributed by atoms with Gasteiger partial charge in [0.1, 0.15) is 6.54 Å². The highest BCUT2D eigenvalue weighted by Gasteiger charge is 2.62. The number of hydrogen-bond acceptors (Lipinski definition) is 5. The van der Waals surface area contributed by atoms with Crippen LogP contribution in [0.1, 0.15) is 85.5 Å². The molecule has 0 aromatic carbocycles. The summed E-state index contributed by atoms with van der Waals surface area (Å²) in [5.41, 5.74) is 0.213. The smallest absolute Gasteiger partial charge is 0.407 e. The first kappa shape index (κ1) is 29.0. The monoisotopic (exact) mass is 507 g/mol. The highest BCUT2D eigenvalue weighted by Crippen LogP contribution is 2.66. The lowest BCUT2D eigenvalue weighted by Gasteiger charge is -2.65. The molecule has 4 N–H and O–H groups in total. The first-order chi connectivity index (χ1) is 17.0. The van der Waals surface area contributed by atoms with E-state index in [1.807, 2.05) is 6.08 Å². The van der Waals surface area contributed by atoms with Gasteiger partial charge in [-0.15, -0.1) is 6.58 Å². The zero-order valence-corrected chi connectivity index (χ0v) is 22.7. The lowest BCUT2D eigenvalue weighted by Crippen LogP contribution is -2.62. The third-order valence-electron chi connectivity index (χ3n) is 10.4. The number of allylic oxidation sites excluding steroid dienone is 1. The van der Waals surface area contributed by atoms with Gasteiger partial charge in [-0.05, 0) is 97.7 Å². The average molecular weight is 508 g/mol. The molecular weight excluding hydrogens is 458 g/mol. The largest absolute Gasteiger partial charge is 0.480 e. The van der Waals surface area contributed by atoms with Gasteiger partial charge in [-0.1, -0.05) is 40.2 Å². The normalized spacial score (nSPS) is 40.9. The van der Waals surface area contributed by atoms with Gasteiger partial charge in [0.2, 0.25) is 0 Å². The Kier molecular flexibility index (Phi) is 9.53. The van der Waals surface area contributed by atoms with Crippen LogP contribution in [0.4, 0.5) is 4.79 Å². The van der Waals surface area contributed by atoms with Crippen molar-refractivity contribution >= 4 is 12.1 Å². The van der Waals surface area contributed by atoms with E-state index in [1.165, 1.54) is 0 Å². The third-order valence-corrected chi connectivity index (χ3v) is 10.4. The minimum atomic E-state index is -1.10.